The molecule has 0 aliphatic heterocycles. The standard InChI is InChI=1S/C8H14O2.C2H4/c1-3-10-8-5-4-7(6-8)9-2;1-2/h4-5,7-8H,3,6H2,1-2H3;1-2H2. The quantitative estimate of drug-likeness (QED) is 0.604. The second-order valence-corrected chi connectivity index (χ2v) is 2.39. The Morgan fingerprint density at radius 2 is 1.92 bits per heavy atom. The molecule has 12 heavy (non-hydrogen) atoms. The molecule has 0 N–H and O–H groups in total. The molecule has 1 aliphatic carbocycles. The zero-order chi connectivity index (χ0) is 9.40. The Kier molecular flexibility index (Phi) is 6.72. The van der Waals surface area contributed by atoms with Crippen molar-refractivity contribution in [3.05, 3.63) is 25.3 Å². The van der Waals surface area contributed by atoms with Crippen molar-refractivity contribution in [2.45, 2.75) is 25.6 Å². The van der Waals surface area contributed by atoms with E-state index in [1.165, 1.54) is 0 Å². The van der Waals surface area contributed by atoms with Crippen LogP contribution in [0.3, 0.4) is 0 Å². The van der Waals surface area contributed by atoms with Gasteiger partial charge in [-0.1, -0.05) is 12.2 Å². The summed E-state index contributed by atoms with van der Waals surface area (Å²) in [7, 11) is 1.73. The highest BCUT2D eigenvalue weighted by atomic mass is 16.5. The largest absolute Gasteiger partial charge is 0.377 e. The number of methoxy groups -OCH3 is 1. The second kappa shape index (κ2) is 7.07. The molecule has 0 amide bonds. The van der Waals surface area contributed by atoms with Crippen LogP contribution >= 0.6 is 0 Å². The summed E-state index contributed by atoms with van der Waals surface area (Å²) in [5.41, 5.74) is 0. The minimum Gasteiger partial charge on any atom is -0.377 e. The fourth-order valence-corrected chi connectivity index (χ4v) is 1.15. The van der Waals surface area contributed by atoms with E-state index in [2.05, 4.69) is 25.3 Å². The van der Waals surface area contributed by atoms with Crippen LogP contribution in [-0.2, 0) is 9.47 Å². The van der Waals surface area contributed by atoms with Crippen LogP contribution < -0.4 is 0 Å². The van der Waals surface area contributed by atoms with Crippen molar-refractivity contribution in [1.29, 1.82) is 0 Å². The number of hydrogen-bond acceptors (Lipinski definition) is 2. The van der Waals surface area contributed by atoms with Crippen molar-refractivity contribution in [1.82, 2.24) is 0 Å². The highest BCUT2D eigenvalue weighted by molar-refractivity contribution is 5.04. The SMILES string of the molecule is C=C.CCOC1C=CC(OC)C1. The molecule has 0 radical (unpaired) electrons. The average molecular weight is 170 g/mol. The monoisotopic (exact) mass is 170 g/mol. The molecule has 1 aliphatic rings. The van der Waals surface area contributed by atoms with Gasteiger partial charge < -0.3 is 9.47 Å². The summed E-state index contributed by atoms with van der Waals surface area (Å²) in [4.78, 5) is 0. The second-order valence-electron chi connectivity index (χ2n) is 2.39. The molecule has 0 aromatic rings. The lowest BCUT2D eigenvalue weighted by atomic mass is 10.3. The Hall–Kier alpha value is -0.600. The van der Waals surface area contributed by atoms with Crippen molar-refractivity contribution in [2.24, 2.45) is 0 Å². The normalized spacial score (nSPS) is 26.5. The first kappa shape index (κ1) is 11.4. The van der Waals surface area contributed by atoms with Crippen LogP contribution in [0.4, 0.5) is 0 Å². The number of hydrogen-bond donors (Lipinski definition) is 0. The smallest absolute Gasteiger partial charge is 0.0784 e. The van der Waals surface area contributed by atoms with Crippen molar-refractivity contribution in [2.75, 3.05) is 13.7 Å². The van der Waals surface area contributed by atoms with Gasteiger partial charge in [-0.05, 0) is 6.92 Å². The van der Waals surface area contributed by atoms with Crippen LogP contribution in [0.5, 0.6) is 0 Å². The third kappa shape index (κ3) is 3.69. The van der Waals surface area contributed by atoms with Gasteiger partial charge in [0.2, 0.25) is 0 Å². The molecule has 0 fully saturated rings. The lowest BCUT2D eigenvalue weighted by Crippen LogP contribution is -2.12. The Morgan fingerprint density at radius 1 is 1.33 bits per heavy atom. The molecule has 2 nitrogen and oxygen atoms in total. The molecule has 0 spiro atoms. The van der Waals surface area contributed by atoms with E-state index in [1.54, 1.807) is 7.11 Å². The molecule has 0 heterocycles. The number of ether oxygens (including phenoxy) is 2. The van der Waals surface area contributed by atoms with E-state index in [0.717, 1.165) is 13.0 Å². The minimum absolute atomic E-state index is 0.275. The van der Waals surface area contributed by atoms with Crippen LogP contribution in [0.15, 0.2) is 25.3 Å². The van der Waals surface area contributed by atoms with E-state index >= 15 is 0 Å². The molecule has 0 aromatic heterocycles. The molecule has 70 valence electrons. The maximum atomic E-state index is 5.37. The predicted molar refractivity (Wildman–Crippen MR) is 51.2 cm³/mol. The maximum absolute atomic E-state index is 5.37. The maximum Gasteiger partial charge on any atom is 0.0784 e. The van der Waals surface area contributed by atoms with Crippen LogP contribution in [0.25, 0.3) is 0 Å². The van der Waals surface area contributed by atoms with Gasteiger partial charge >= 0.3 is 0 Å². The van der Waals surface area contributed by atoms with Crippen LogP contribution in [-0.4, -0.2) is 25.9 Å². The fraction of sp³-hybridized carbons (Fsp3) is 0.600. The predicted octanol–water partition coefficient (Wildman–Crippen LogP) is 2.17. The zero-order valence-corrected chi connectivity index (χ0v) is 7.95. The Morgan fingerprint density at radius 3 is 2.33 bits per heavy atom. The van der Waals surface area contributed by atoms with Crippen molar-refractivity contribution in [3.8, 4) is 0 Å². The van der Waals surface area contributed by atoms with Gasteiger partial charge in [-0.2, -0.15) is 0 Å². The average Bonchev–Trinajstić information content (AvgIpc) is 2.57. The Bertz CT molecular complexity index is 132. The molecule has 0 saturated heterocycles. The molecule has 0 aromatic carbocycles. The van der Waals surface area contributed by atoms with Gasteiger partial charge in [0, 0.05) is 20.1 Å². The molecule has 1 rings (SSSR count). The van der Waals surface area contributed by atoms with E-state index < -0.39 is 0 Å². The van der Waals surface area contributed by atoms with Gasteiger partial charge in [-0.15, -0.1) is 13.2 Å². The van der Waals surface area contributed by atoms with Crippen molar-refractivity contribution in [3.63, 3.8) is 0 Å². The van der Waals surface area contributed by atoms with Crippen LogP contribution in [0.2, 0.25) is 0 Å². The van der Waals surface area contributed by atoms with Crippen LogP contribution in [0, 0.1) is 0 Å². The first-order chi connectivity index (χ1) is 5.86. The van der Waals surface area contributed by atoms with Gasteiger partial charge in [0.05, 0.1) is 12.2 Å². The van der Waals surface area contributed by atoms with E-state index in [1.807, 2.05) is 6.92 Å². The summed E-state index contributed by atoms with van der Waals surface area (Å²) in [5, 5.41) is 0. The first-order valence-corrected chi connectivity index (χ1v) is 4.19. The van der Waals surface area contributed by atoms with E-state index in [9.17, 15) is 0 Å². The summed E-state index contributed by atoms with van der Waals surface area (Å²) in [6, 6.07) is 0. The van der Waals surface area contributed by atoms with E-state index in [4.69, 9.17) is 9.47 Å². The highest BCUT2D eigenvalue weighted by Gasteiger charge is 2.17. The molecule has 2 atom stereocenters. The van der Waals surface area contributed by atoms with Crippen LogP contribution in [0.1, 0.15) is 13.3 Å². The molecule has 2 heteroatoms. The summed E-state index contributed by atoms with van der Waals surface area (Å²) < 4.78 is 10.5. The topological polar surface area (TPSA) is 18.5 Å². The minimum atomic E-state index is 0.275. The third-order valence-corrected chi connectivity index (χ3v) is 1.69. The van der Waals surface area contributed by atoms with E-state index in [-0.39, 0.29) is 12.2 Å². The Balaban J connectivity index is 0.000000561. The van der Waals surface area contributed by atoms with E-state index in [0.29, 0.717) is 0 Å². The van der Waals surface area contributed by atoms with Gasteiger partial charge in [0.25, 0.3) is 0 Å². The lowest BCUT2D eigenvalue weighted by Gasteiger charge is -2.09. The third-order valence-electron chi connectivity index (χ3n) is 1.69. The van der Waals surface area contributed by atoms with Crippen molar-refractivity contribution >= 4 is 0 Å². The number of rotatable bonds is 3. The van der Waals surface area contributed by atoms with Gasteiger partial charge in [0.1, 0.15) is 0 Å². The van der Waals surface area contributed by atoms with Gasteiger partial charge in [0.15, 0.2) is 0 Å². The fourth-order valence-electron chi connectivity index (χ4n) is 1.15. The summed E-state index contributed by atoms with van der Waals surface area (Å²) in [6.07, 6.45) is 5.66. The molecule has 2 unspecified atom stereocenters. The first-order valence-electron chi connectivity index (χ1n) is 4.19. The Labute approximate surface area is 74.9 Å². The van der Waals surface area contributed by atoms with Crippen molar-refractivity contribution < 1.29 is 9.47 Å². The lowest BCUT2D eigenvalue weighted by molar-refractivity contribution is 0.0576. The molecule has 0 bridgehead atoms. The molecular formula is C10H18O2. The van der Waals surface area contributed by atoms with Gasteiger partial charge in [-0.25, -0.2) is 0 Å². The summed E-state index contributed by atoms with van der Waals surface area (Å²) in [5.74, 6) is 0. The summed E-state index contributed by atoms with van der Waals surface area (Å²) >= 11 is 0. The molecular weight excluding hydrogens is 152 g/mol. The highest BCUT2D eigenvalue weighted by Crippen LogP contribution is 2.15. The zero-order valence-electron chi connectivity index (χ0n) is 7.95. The molecule has 0 saturated carbocycles. The van der Waals surface area contributed by atoms with Gasteiger partial charge in [-0.3, -0.25) is 0 Å². The summed E-state index contributed by atoms with van der Waals surface area (Å²) in [6.45, 7) is 8.79.